The molecule has 0 fully saturated rings. The van der Waals surface area contributed by atoms with Gasteiger partial charge >= 0.3 is 0 Å². The fraction of sp³-hybridized carbons (Fsp3) is 0.333. The van der Waals surface area contributed by atoms with Crippen molar-refractivity contribution in [2.24, 2.45) is 0 Å². The summed E-state index contributed by atoms with van der Waals surface area (Å²) >= 11 is 1.53. The van der Waals surface area contributed by atoms with Gasteiger partial charge in [-0.2, -0.15) is 0 Å². The molecule has 0 aliphatic rings. The van der Waals surface area contributed by atoms with Crippen molar-refractivity contribution < 1.29 is 4.74 Å². The molecule has 0 amide bonds. The largest absolute Gasteiger partial charge is 0.481 e. The maximum absolute atomic E-state index is 5.98. The van der Waals surface area contributed by atoms with Crippen molar-refractivity contribution in [1.82, 2.24) is 9.97 Å². The highest BCUT2D eigenvalue weighted by Gasteiger charge is 2.13. The van der Waals surface area contributed by atoms with E-state index in [9.17, 15) is 0 Å². The first-order valence-corrected chi connectivity index (χ1v) is 6.20. The van der Waals surface area contributed by atoms with E-state index >= 15 is 0 Å². The second-order valence-electron chi connectivity index (χ2n) is 4.01. The number of methoxy groups -OCH3 is 1. The van der Waals surface area contributed by atoms with Crippen LogP contribution in [0.4, 0.5) is 5.00 Å². The summed E-state index contributed by atoms with van der Waals surface area (Å²) in [6.07, 6.45) is 1.73. The van der Waals surface area contributed by atoms with Crippen LogP contribution < -0.4 is 10.5 Å². The van der Waals surface area contributed by atoms with Crippen LogP contribution in [0.3, 0.4) is 0 Å². The zero-order valence-corrected chi connectivity index (χ0v) is 10.9. The second-order valence-corrected chi connectivity index (χ2v) is 5.07. The van der Waals surface area contributed by atoms with Gasteiger partial charge in [-0.15, -0.1) is 11.3 Å². The summed E-state index contributed by atoms with van der Waals surface area (Å²) in [5, 5.41) is 1.79. The molecule has 0 unspecified atom stereocenters. The van der Waals surface area contributed by atoms with E-state index in [1.165, 1.54) is 11.3 Å². The third-order valence-electron chi connectivity index (χ3n) is 2.38. The average Bonchev–Trinajstić information content (AvgIpc) is 2.72. The summed E-state index contributed by atoms with van der Waals surface area (Å²) in [4.78, 5) is 8.70. The van der Waals surface area contributed by atoms with Crippen LogP contribution in [0.25, 0.3) is 11.3 Å². The first kappa shape index (κ1) is 11.9. The van der Waals surface area contributed by atoms with Gasteiger partial charge in [0.1, 0.15) is 10.7 Å². The van der Waals surface area contributed by atoms with Crippen LogP contribution in [0.15, 0.2) is 18.3 Å². The van der Waals surface area contributed by atoms with E-state index in [0.717, 1.165) is 21.3 Å². The molecule has 90 valence electrons. The molecule has 0 aliphatic carbocycles. The summed E-state index contributed by atoms with van der Waals surface area (Å²) < 4.78 is 5.02. The molecule has 0 radical (unpaired) electrons. The van der Waals surface area contributed by atoms with Gasteiger partial charge in [0.25, 0.3) is 0 Å². The molecule has 2 aromatic heterocycles. The summed E-state index contributed by atoms with van der Waals surface area (Å²) in [6.45, 7) is 4.21. The lowest BCUT2D eigenvalue weighted by Gasteiger charge is -2.00. The normalized spacial score (nSPS) is 10.8. The molecule has 0 spiro atoms. The Morgan fingerprint density at radius 1 is 1.35 bits per heavy atom. The molecule has 0 bridgehead atoms. The lowest BCUT2D eigenvalue weighted by atomic mass is 10.2. The SMILES string of the molecule is COc1ccc(-c2nc(C(C)C)sc2N)cn1. The lowest BCUT2D eigenvalue weighted by molar-refractivity contribution is 0.398. The topological polar surface area (TPSA) is 61.0 Å². The molecular weight excluding hydrogens is 234 g/mol. The van der Waals surface area contributed by atoms with E-state index in [4.69, 9.17) is 10.5 Å². The number of nitrogen functional groups attached to an aromatic ring is 1. The Balaban J connectivity index is 2.38. The molecule has 4 nitrogen and oxygen atoms in total. The third kappa shape index (κ3) is 2.39. The van der Waals surface area contributed by atoms with Crippen LogP contribution >= 0.6 is 11.3 Å². The molecular formula is C12H15N3OS. The number of rotatable bonds is 3. The third-order valence-corrected chi connectivity index (χ3v) is 3.57. The molecule has 2 aromatic rings. The highest BCUT2D eigenvalue weighted by molar-refractivity contribution is 7.16. The maximum atomic E-state index is 5.98. The van der Waals surface area contributed by atoms with E-state index in [1.54, 1.807) is 13.3 Å². The molecule has 2 heterocycles. The Labute approximate surface area is 104 Å². The second kappa shape index (κ2) is 4.71. The van der Waals surface area contributed by atoms with Gasteiger partial charge in [-0.3, -0.25) is 0 Å². The Hall–Kier alpha value is -1.62. The van der Waals surface area contributed by atoms with Crippen LogP contribution in [-0.4, -0.2) is 17.1 Å². The van der Waals surface area contributed by atoms with Crippen molar-refractivity contribution in [3.8, 4) is 17.1 Å². The lowest BCUT2D eigenvalue weighted by Crippen LogP contribution is -1.90. The minimum Gasteiger partial charge on any atom is -0.481 e. The summed E-state index contributed by atoms with van der Waals surface area (Å²) in [5.41, 5.74) is 7.72. The monoisotopic (exact) mass is 249 g/mol. The predicted octanol–water partition coefficient (Wildman–Crippen LogP) is 2.92. The van der Waals surface area contributed by atoms with E-state index in [1.807, 2.05) is 12.1 Å². The molecule has 5 heteroatoms. The molecule has 0 saturated carbocycles. The number of thiazole rings is 1. The predicted molar refractivity (Wildman–Crippen MR) is 70.4 cm³/mol. The molecule has 2 N–H and O–H groups in total. The number of hydrogen-bond donors (Lipinski definition) is 1. The number of hydrogen-bond acceptors (Lipinski definition) is 5. The Morgan fingerprint density at radius 2 is 2.12 bits per heavy atom. The van der Waals surface area contributed by atoms with Gasteiger partial charge in [0, 0.05) is 23.7 Å². The average molecular weight is 249 g/mol. The summed E-state index contributed by atoms with van der Waals surface area (Å²) in [6, 6.07) is 3.73. The molecule has 0 aromatic carbocycles. The zero-order valence-electron chi connectivity index (χ0n) is 10.1. The van der Waals surface area contributed by atoms with Crippen LogP contribution in [0.5, 0.6) is 5.88 Å². The number of nitrogens with zero attached hydrogens (tertiary/aromatic N) is 2. The first-order valence-electron chi connectivity index (χ1n) is 5.38. The highest BCUT2D eigenvalue weighted by atomic mass is 32.1. The Kier molecular flexibility index (Phi) is 3.28. The number of pyridine rings is 1. The van der Waals surface area contributed by atoms with Gasteiger partial charge in [-0.05, 0) is 6.07 Å². The minimum atomic E-state index is 0.391. The Bertz CT molecular complexity index is 505. The van der Waals surface area contributed by atoms with Crippen molar-refractivity contribution in [3.05, 3.63) is 23.3 Å². The fourth-order valence-corrected chi connectivity index (χ4v) is 2.30. The van der Waals surface area contributed by atoms with E-state index in [-0.39, 0.29) is 0 Å². The van der Waals surface area contributed by atoms with E-state index < -0.39 is 0 Å². The van der Waals surface area contributed by atoms with Gasteiger partial charge in [-0.1, -0.05) is 13.8 Å². The highest BCUT2D eigenvalue weighted by Crippen LogP contribution is 2.33. The maximum Gasteiger partial charge on any atom is 0.212 e. The molecule has 0 aliphatic heterocycles. The van der Waals surface area contributed by atoms with Crippen LogP contribution in [0.2, 0.25) is 0 Å². The van der Waals surface area contributed by atoms with Crippen molar-refractivity contribution in [3.63, 3.8) is 0 Å². The minimum absolute atomic E-state index is 0.391. The Morgan fingerprint density at radius 3 is 2.59 bits per heavy atom. The molecule has 17 heavy (non-hydrogen) atoms. The van der Waals surface area contributed by atoms with Gasteiger partial charge in [-0.25, -0.2) is 9.97 Å². The van der Waals surface area contributed by atoms with Gasteiger partial charge in [0.15, 0.2) is 0 Å². The number of aromatic nitrogens is 2. The summed E-state index contributed by atoms with van der Waals surface area (Å²) in [5.74, 6) is 0.980. The van der Waals surface area contributed by atoms with Crippen LogP contribution in [0, 0.1) is 0 Å². The molecule has 0 atom stereocenters. The van der Waals surface area contributed by atoms with Crippen molar-refractivity contribution in [2.45, 2.75) is 19.8 Å². The molecule has 0 saturated heterocycles. The first-order chi connectivity index (χ1) is 8.11. The van der Waals surface area contributed by atoms with Crippen LogP contribution in [-0.2, 0) is 0 Å². The number of anilines is 1. The number of nitrogens with two attached hydrogens (primary N) is 1. The fourth-order valence-electron chi connectivity index (χ4n) is 1.44. The van der Waals surface area contributed by atoms with Crippen molar-refractivity contribution in [2.75, 3.05) is 12.8 Å². The summed E-state index contributed by atoms with van der Waals surface area (Å²) in [7, 11) is 1.59. The smallest absolute Gasteiger partial charge is 0.212 e. The van der Waals surface area contributed by atoms with Gasteiger partial charge in [0.2, 0.25) is 5.88 Å². The van der Waals surface area contributed by atoms with Crippen molar-refractivity contribution >= 4 is 16.3 Å². The van der Waals surface area contributed by atoms with E-state index in [2.05, 4.69) is 23.8 Å². The van der Waals surface area contributed by atoms with Crippen molar-refractivity contribution in [1.29, 1.82) is 0 Å². The molecule has 2 rings (SSSR count). The number of ether oxygens (including phenoxy) is 1. The van der Waals surface area contributed by atoms with E-state index in [0.29, 0.717) is 11.8 Å². The zero-order chi connectivity index (χ0) is 12.4. The van der Waals surface area contributed by atoms with Crippen LogP contribution in [0.1, 0.15) is 24.8 Å². The van der Waals surface area contributed by atoms with Gasteiger partial charge < -0.3 is 10.5 Å². The standard InChI is InChI=1S/C12H15N3OS/c1-7(2)12-15-10(11(13)17-12)8-4-5-9(16-3)14-6-8/h4-7H,13H2,1-3H3. The quantitative estimate of drug-likeness (QED) is 0.908. The van der Waals surface area contributed by atoms with Gasteiger partial charge in [0.05, 0.1) is 12.1 Å².